The van der Waals surface area contributed by atoms with Crippen molar-refractivity contribution in [2.45, 2.75) is 6.92 Å². The van der Waals surface area contributed by atoms with E-state index >= 15 is 0 Å². The van der Waals surface area contributed by atoms with E-state index in [0.29, 0.717) is 43.6 Å². The Kier molecular flexibility index (Phi) is 4.97. The first kappa shape index (κ1) is 18.0. The zero-order chi connectivity index (χ0) is 18.8. The van der Waals surface area contributed by atoms with Gasteiger partial charge in [0.1, 0.15) is 11.4 Å². The molecule has 3 rings (SSSR count). The van der Waals surface area contributed by atoms with E-state index in [1.807, 2.05) is 36.9 Å². The number of methoxy groups -OCH3 is 1. The molecule has 0 unspecified atom stereocenters. The van der Waals surface area contributed by atoms with Crippen molar-refractivity contribution >= 4 is 17.7 Å². The van der Waals surface area contributed by atoms with Crippen LogP contribution in [0.3, 0.4) is 0 Å². The van der Waals surface area contributed by atoms with Gasteiger partial charge in [-0.2, -0.15) is 4.98 Å². The molecule has 2 aromatic rings. The SMILES string of the molecule is COc1nn(C)cc1C(=O)N1CCN(c2nc(C)cc(N(C)C)n2)CC1. The van der Waals surface area contributed by atoms with Gasteiger partial charge in [-0.1, -0.05) is 0 Å². The smallest absolute Gasteiger partial charge is 0.261 e. The zero-order valence-electron chi connectivity index (χ0n) is 15.9. The van der Waals surface area contributed by atoms with Crippen molar-refractivity contribution in [3.05, 3.63) is 23.5 Å². The number of hydrogen-bond donors (Lipinski definition) is 0. The predicted octanol–water partition coefficient (Wildman–Crippen LogP) is 0.556. The van der Waals surface area contributed by atoms with Gasteiger partial charge in [0.25, 0.3) is 5.91 Å². The number of ether oxygens (including phenoxy) is 1. The van der Waals surface area contributed by atoms with Crippen LogP contribution in [-0.4, -0.2) is 77.9 Å². The lowest BCUT2D eigenvalue weighted by Gasteiger charge is -2.35. The first-order valence-electron chi connectivity index (χ1n) is 8.54. The minimum absolute atomic E-state index is 0.0614. The molecule has 0 saturated carbocycles. The van der Waals surface area contributed by atoms with Crippen LogP contribution in [0, 0.1) is 6.92 Å². The molecule has 0 aliphatic carbocycles. The Hall–Kier alpha value is -2.84. The summed E-state index contributed by atoms with van der Waals surface area (Å²) in [5.74, 6) is 1.89. The highest BCUT2D eigenvalue weighted by atomic mass is 16.5. The fourth-order valence-electron chi connectivity index (χ4n) is 2.95. The second-order valence-electron chi connectivity index (χ2n) is 6.57. The quantitative estimate of drug-likeness (QED) is 0.789. The molecule has 1 saturated heterocycles. The highest BCUT2D eigenvalue weighted by Crippen LogP contribution is 2.20. The van der Waals surface area contributed by atoms with Crippen molar-refractivity contribution in [3.8, 4) is 5.88 Å². The van der Waals surface area contributed by atoms with Crippen LogP contribution in [0.5, 0.6) is 5.88 Å². The summed E-state index contributed by atoms with van der Waals surface area (Å²) in [4.78, 5) is 27.8. The first-order valence-corrected chi connectivity index (χ1v) is 8.54. The van der Waals surface area contributed by atoms with Crippen molar-refractivity contribution in [2.24, 2.45) is 7.05 Å². The van der Waals surface area contributed by atoms with E-state index < -0.39 is 0 Å². The van der Waals surface area contributed by atoms with Gasteiger partial charge in [0.2, 0.25) is 11.8 Å². The highest BCUT2D eigenvalue weighted by molar-refractivity contribution is 5.96. The average molecular weight is 359 g/mol. The average Bonchev–Trinajstić information content (AvgIpc) is 3.01. The maximum absolute atomic E-state index is 12.8. The van der Waals surface area contributed by atoms with Crippen LogP contribution >= 0.6 is 0 Å². The van der Waals surface area contributed by atoms with Gasteiger partial charge >= 0.3 is 0 Å². The number of carbonyl (C=O) groups excluding carboxylic acids is 1. The Morgan fingerprint density at radius 2 is 1.88 bits per heavy atom. The van der Waals surface area contributed by atoms with E-state index in [0.717, 1.165) is 11.5 Å². The summed E-state index contributed by atoms with van der Waals surface area (Å²) < 4.78 is 6.79. The van der Waals surface area contributed by atoms with Gasteiger partial charge in [-0.05, 0) is 6.92 Å². The van der Waals surface area contributed by atoms with Gasteiger partial charge in [-0.25, -0.2) is 4.98 Å². The summed E-state index contributed by atoms with van der Waals surface area (Å²) in [5, 5.41) is 4.16. The molecule has 0 spiro atoms. The molecule has 9 nitrogen and oxygen atoms in total. The molecule has 0 bridgehead atoms. The normalized spacial score (nSPS) is 14.5. The first-order chi connectivity index (χ1) is 12.4. The molecule has 26 heavy (non-hydrogen) atoms. The zero-order valence-corrected chi connectivity index (χ0v) is 15.9. The van der Waals surface area contributed by atoms with Crippen molar-refractivity contribution < 1.29 is 9.53 Å². The highest BCUT2D eigenvalue weighted by Gasteiger charge is 2.27. The standard InChI is InChI=1S/C17H25N7O2/c1-12-10-14(21(2)3)19-17(18-12)24-8-6-23(7-9-24)16(25)13-11-22(4)20-15(13)26-5/h10-11H,6-9H2,1-5H3. The summed E-state index contributed by atoms with van der Waals surface area (Å²) in [6.07, 6.45) is 1.70. The Morgan fingerprint density at radius 1 is 1.19 bits per heavy atom. The van der Waals surface area contributed by atoms with Crippen molar-refractivity contribution in [1.29, 1.82) is 0 Å². The van der Waals surface area contributed by atoms with Gasteiger partial charge in [0.15, 0.2) is 0 Å². The summed E-state index contributed by atoms with van der Waals surface area (Å²) in [7, 11) is 7.22. The van der Waals surface area contributed by atoms with Crippen LogP contribution in [0.1, 0.15) is 16.1 Å². The molecule has 1 aliphatic heterocycles. The van der Waals surface area contributed by atoms with Crippen molar-refractivity contribution in [3.63, 3.8) is 0 Å². The summed E-state index contributed by atoms with van der Waals surface area (Å²) in [6.45, 7) is 4.54. The molecule has 140 valence electrons. The fourth-order valence-corrected chi connectivity index (χ4v) is 2.95. The Bertz CT molecular complexity index is 794. The second kappa shape index (κ2) is 7.19. The molecule has 0 radical (unpaired) electrons. The molecular weight excluding hydrogens is 334 g/mol. The predicted molar refractivity (Wildman–Crippen MR) is 99.0 cm³/mol. The third-order valence-corrected chi connectivity index (χ3v) is 4.36. The Balaban J connectivity index is 1.70. The Morgan fingerprint density at radius 3 is 2.50 bits per heavy atom. The lowest BCUT2D eigenvalue weighted by atomic mass is 10.2. The molecule has 1 fully saturated rings. The van der Waals surface area contributed by atoms with Gasteiger partial charge in [-0.3, -0.25) is 9.48 Å². The fraction of sp³-hybridized carbons (Fsp3) is 0.529. The van der Waals surface area contributed by atoms with Crippen LogP contribution < -0.4 is 14.5 Å². The van der Waals surface area contributed by atoms with E-state index in [1.165, 1.54) is 7.11 Å². The number of nitrogens with zero attached hydrogens (tertiary/aromatic N) is 7. The molecule has 0 N–H and O–H groups in total. The van der Waals surface area contributed by atoms with Crippen LogP contribution in [0.2, 0.25) is 0 Å². The number of carbonyl (C=O) groups is 1. The number of piperazine rings is 1. The Labute approximate surface area is 153 Å². The molecule has 0 atom stereocenters. The molecule has 2 aromatic heterocycles. The minimum Gasteiger partial charge on any atom is -0.479 e. The van der Waals surface area contributed by atoms with Crippen LogP contribution in [-0.2, 0) is 7.05 Å². The maximum atomic E-state index is 12.8. The lowest BCUT2D eigenvalue weighted by Crippen LogP contribution is -2.49. The van der Waals surface area contributed by atoms with Gasteiger partial charge in [-0.15, -0.1) is 5.10 Å². The number of anilines is 2. The van der Waals surface area contributed by atoms with Gasteiger partial charge < -0.3 is 19.4 Å². The summed E-state index contributed by atoms with van der Waals surface area (Å²) in [5.41, 5.74) is 1.42. The number of aromatic nitrogens is 4. The number of hydrogen-bond acceptors (Lipinski definition) is 7. The summed E-state index contributed by atoms with van der Waals surface area (Å²) >= 11 is 0. The van der Waals surface area contributed by atoms with E-state index in [2.05, 4.69) is 20.0 Å². The van der Waals surface area contributed by atoms with E-state index in [4.69, 9.17) is 4.74 Å². The van der Waals surface area contributed by atoms with Crippen molar-refractivity contribution in [1.82, 2.24) is 24.6 Å². The summed E-state index contributed by atoms with van der Waals surface area (Å²) in [6, 6.07) is 1.96. The third-order valence-electron chi connectivity index (χ3n) is 4.36. The largest absolute Gasteiger partial charge is 0.479 e. The van der Waals surface area contributed by atoms with Crippen molar-refractivity contribution in [2.75, 3.05) is 57.2 Å². The number of rotatable bonds is 4. The topological polar surface area (TPSA) is 79.6 Å². The van der Waals surface area contributed by atoms with E-state index in [1.54, 1.807) is 17.9 Å². The van der Waals surface area contributed by atoms with Gasteiger partial charge in [0, 0.05) is 65.3 Å². The second-order valence-corrected chi connectivity index (χ2v) is 6.57. The monoisotopic (exact) mass is 359 g/mol. The van der Waals surface area contributed by atoms with Crippen LogP contribution in [0.25, 0.3) is 0 Å². The molecular formula is C17H25N7O2. The molecule has 1 aliphatic rings. The number of amides is 1. The lowest BCUT2D eigenvalue weighted by molar-refractivity contribution is 0.0742. The molecule has 0 aromatic carbocycles. The van der Waals surface area contributed by atoms with Crippen LogP contribution in [0.4, 0.5) is 11.8 Å². The molecule has 3 heterocycles. The van der Waals surface area contributed by atoms with Crippen LogP contribution in [0.15, 0.2) is 12.3 Å². The molecule has 9 heteroatoms. The number of aryl methyl sites for hydroxylation is 2. The van der Waals surface area contributed by atoms with Gasteiger partial charge in [0.05, 0.1) is 7.11 Å². The van der Waals surface area contributed by atoms with E-state index in [9.17, 15) is 4.79 Å². The maximum Gasteiger partial charge on any atom is 0.261 e. The van der Waals surface area contributed by atoms with E-state index in [-0.39, 0.29) is 5.91 Å². The molecule has 1 amide bonds. The minimum atomic E-state index is -0.0614. The third kappa shape index (κ3) is 3.56.